The molecule has 1 N–H and O–H groups in total. The fraction of sp³-hybridized carbons (Fsp3) is 0.955. The van der Waals surface area contributed by atoms with Crippen LogP contribution in [0.5, 0.6) is 0 Å². The lowest BCUT2D eigenvalue weighted by atomic mass is 9.89. The minimum absolute atomic E-state index is 0.0139. The van der Waals surface area contributed by atoms with E-state index in [1.165, 1.54) is 64.2 Å². The van der Waals surface area contributed by atoms with Crippen molar-refractivity contribution in [3.05, 3.63) is 0 Å². The maximum absolute atomic E-state index is 3.87. The first-order chi connectivity index (χ1) is 12.5. The molecular formula is C22H48N4. The van der Waals surface area contributed by atoms with Crippen LogP contribution in [-0.4, -0.2) is 48.0 Å². The van der Waals surface area contributed by atoms with Gasteiger partial charge in [0.25, 0.3) is 0 Å². The second-order valence-electron chi connectivity index (χ2n) is 7.78. The highest BCUT2D eigenvalue weighted by Crippen LogP contribution is 2.28. The minimum Gasteiger partial charge on any atom is -0.341 e. The number of nitrogens with one attached hydrogen (secondary N) is 1. The van der Waals surface area contributed by atoms with E-state index in [0.29, 0.717) is 0 Å². The Labute approximate surface area is 164 Å². The van der Waals surface area contributed by atoms with Gasteiger partial charge in [-0.2, -0.15) is 5.10 Å². The van der Waals surface area contributed by atoms with Gasteiger partial charge in [-0.25, -0.2) is 0 Å². The Hall–Kier alpha value is -0.770. The van der Waals surface area contributed by atoms with Gasteiger partial charge in [-0.05, 0) is 46.6 Å². The molecule has 0 aromatic heterocycles. The van der Waals surface area contributed by atoms with Crippen LogP contribution in [0.3, 0.4) is 0 Å². The summed E-state index contributed by atoms with van der Waals surface area (Å²) in [5, 5.41) is 3.87. The topological polar surface area (TPSA) is 30.9 Å². The van der Waals surface area contributed by atoms with Crippen molar-refractivity contribution in [3.8, 4) is 0 Å². The molecule has 4 nitrogen and oxygen atoms in total. The highest BCUT2D eigenvalue weighted by molar-refractivity contribution is 5.57. The summed E-state index contributed by atoms with van der Waals surface area (Å²) in [4.78, 5) is 4.74. The summed E-state index contributed by atoms with van der Waals surface area (Å²) in [5.41, 5.74) is 2.95. The Bertz CT molecular complexity index is 324. The lowest BCUT2D eigenvalue weighted by Crippen LogP contribution is -2.44. The van der Waals surface area contributed by atoms with Gasteiger partial charge in [-0.15, -0.1) is 0 Å². The highest BCUT2D eigenvalue weighted by atomic mass is 15.5. The van der Waals surface area contributed by atoms with Crippen molar-refractivity contribution < 1.29 is 0 Å². The third-order valence-electron chi connectivity index (χ3n) is 5.75. The lowest BCUT2D eigenvalue weighted by Gasteiger charge is -2.39. The second kappa shape index (κ2) is 14.3. The summed E-state index contributed by atoms with van der Waals surface area (Å²) in [6, 6.07) is 1.85. The van der Waals surface area contributed by atoms with Crippen molar-refractivity contribution >= 4 is 6.34 Å². The predicted molar refractivity (Wildman–Crippen MR) is 118 cm³/mol. The Morgan fingerprint density at radius 3 is 1.46 bits per heavy atom. The van der Waals surface area contributed by atoms with Crippen molar-refractivity contribution in [1.29, 1.82) is 0 Å². The van der Waals surface area contributed by atoms with Crippen molar-refractivity contribution in [3.63, 3.8) is 0 Å². The summed E-state index contributed by atoms with van der Waals surface area (Å²) in [6.07, 6.45) is 16.5. The van der Waals surface area contributed by atoms with Gasteiger partial charge in [0, 0.05) is 19.1 Å². The number of hydrogen-bond donors (Lipinski definition) is 1. The van der Waals surface area contributed by atoms with E-state index in [2.05, 4.69) is 36.3 Å². The molecule has 3 rings (SSSR count). The first-order valence-corrected chi connectivity index (χ1v) is 11.3. The van der Waals surface area contributed by atoms with Gasteiger partial charge in [-0.3, -0.25) is 5.43 Å². The molecule has 0 radical (unpaired) electrons. The molecule has 0 amide bonds. The summed E-state index contributed by atoms with van der Waals surface area (Å²) in [5.74, 6) is 0. The minimum atomic E-state index is 0.0139. The Morgan fingerprint density at radius 1 is 0.846 bits per heavy atom. The Kier molecular flexibility index (Phi) is 13.9. The molecule has 1 aliphatic heterocycles. The van der Waals surface area contributed by atoms with Crippen LogP contribution in [0.2, 0.25) is 0 Å². The van der Waals surface area contributed by atoms with Crippen LogP contribution in [0, 0.1) is 0 Å². The van der Waals surface area contributed by atoms with Gasteiger partial charge in [0.2, 0.25) is 0 Å². The van der Waals surface area contributed by atoms with Crippen molar-refractivity contribution in [2.75, 3.05) is 14.1 Å². The quantitative estimate of drug-likeness (QED) is 0.664. The van der Waals surface area contributed by atoms with Gasteiger partial charge in [0.1, 0.15) is 12.0 Å². The van der Waals surface area contributed by atoms with E-state index in [0.717, 1.165) is 12.1 Å². The number of hydrazone groups is 1. The molecule has 0 aromatic rings. The molecule has 2 aliphatic carbocycles. The number of rotatable bonds is 2. The highest BCUT2D eigenvalue weighted by Gasteiger charge is 2.25. The standard InChI is InChI=1S/C13H25N.C5H11N3.2C2H6/c1-14(12-8-4-2-5-9-12)13-10-6-3-7-11-13;1-5(2)7-6-4-8(5)3;2*1-2/h12-13H,2-11H2,1H3;4,7H,1-3H3;2*1-2H3. The third kappa shape index (κ3) is 8.75. The molecule has 0 atom stereocenters. The monoisotopic (exact) mass is 368 g/mol. The molecule has 156 valence electrons. The smallest absolute Gasteiger partial charge is 0.121 e. The van der Waals surface area contributed by atoms with Crippen LogP contribution in [-0.2, 0) is 0 Å². The van der Waals surface area contributed by atoms with Gasteiger partial charge in [-0.1, -0.05) is 66.2 Å². The van der Waals surface area contributed by atoms with E-state index in [1.54, 1.807) is 6.34 Å². The lowest BCUT2D eigenvalue weighted by molar-refractivity contribution is 0.111. The van der Waals surface area contributed by atoms with E-state index >= 15 is 0 Å². The maximum atomic E-state index is 3.87. The van der Waals surface area contributed by atoms with Crippen molar-refractivity contribution in [2.24, 2.45) is 5.10 Å². The van der Waals surface area contributed by atoms with Crippen LogP contribution in [0.15, 0.2) is 5.10 Å². The van der Waals surface area contributed by atoms with Crippen molar-refractivity contribution in [1.82, 2.24) is 15.2 Å². The molecule has 0 aromatic carbocycles. The average molecular weight is 369 g/mol. The Balaban J connectivity index is 0.000000444. The molecule has 0 spiro atoms. The zero-order chi connectivity index (χ0) is 20.0. The summed E-state index contributed by atoms with van der Waals surface area (Å²) in [6.45, 7) is 12.1. The average Bonchev–Trinajstić information content (AvgIpc) is 3.02. The molecule has 0 bridgehead atoms. The first-order valence-electron chi connectivity index (χ1n) is 11.3. The largest absolute Gasteiger partial charge is 0.341 e. The van der Waals surface area contributed by atoms with E-state index in [-0.39, 0.29) is 5.66 Å². The zero-order valence-electron chi connectivity index (χ0n) is 19.1. The molecule has 2 fully saturated rings. The summed E-state index contributed by atoms with van der Waals surface area (Å²) < 4.78 is 0. The van der Waals surface area contributed by atoms with E-state index in [4.69, 9.17) is 0 Å². The second-order valence-corrected chi connectivity index (χ2v) is 7.78. The zero-order valence-corrected chi connectivity index (χ0v) is 19.1. The van der Waals surface area contributed by atoms with E-state index < -0.39 is 0 Å². The van der Waals surface area contributed by atoms with Crippen LogP contribution in [0.25, 0.3) is 0 Å². The molecule has 26 heavy (non-hydrogen) atoms. The molecule has 1 heterocycles. The molecule has 2 saturated carbocycles. The van der Waals surface area contributed by atoms with Crippen LogP contribution in [0.1, 0.15) is 106 Å². The molecule has 4 heteroatoms. The molecular weight excluding hydrogens is 320 g/mol. The van der Waals surface area contributed by atoms with Gasteiger partial charge >= 0.3 is 0 Å². The Morgan fingerprint density at radius 2 is 1.23 bits per heavy atom. The third-order valence-corrected chi connectivity index (χ3v) is 5.75. The molecule has 0 saturated heterocycles. The first kappa shape index (κ1) is 25.2. The SMILES string of the molecule is CC.CC.CN(C1CCCCC1)C1CCCCC1.CN1C=NNC1(C)C. The fourth-order valence-electron chi connectivity index (χ4n) is 3.77. The number of hydrogen-bond acceptors (Lipinski definition) is 4. The molecule has 0 unspecified atom stereocenters. The number of nitrogens with zero attached hydrogens (tertiary/aromatic N) is 3. The van der Waals surface area contributed by atoms with E-state index in [9.17, 15) is 0 Å². The predicted octanol–water partition coefficient (Wildman–Crippen LogP) is 5.84. The summed E-state index contributed by atoms with van der Waals surface area (Å²) >= 11 is 0. The van der Waals surface area contributed by atoms with Gasteiger partial charge in [0.05, 0.1) is 0 Å². The summed E-state index contributed by atoms with van der Waals surface area (Å²) in [7, 11) is 4.37. The van der Waals surface area contributed by atoms with Crippen LogP contribution in [0.4, 0.5) is 0 Å². The fourth-order valence-corrected chi connectivity index (χ4v) is 3.77. The molecule has 3 aliphatic rings. The van der Waals surface area contributed by atoms with Crippen LogP contribution >= 0.6 is 0 Å². The maximum Gasteiger partial charge on any atom is 0.121 e. The van der Waals surface area contributed by atoms with Gasteiger partial charge in [0.15, 0.2) is 0 Å². The normalized spacial score (nSPS) is 22.3. The van der Waals surface area contributed by atoms with Crippen molar-refractivity contribution in [2.45, 2.75) is 123 Å². The van der Waals surface area contributed by atoms with Crippen LogP contribution < -0.4 is 5.43 Å². The van der Waals surface area contributed by atoms with Gasteiger partial charge < -0.3 is 9.80 Å². The van der Waals surface area contributed by atoms with E-state index in [1.807, 2.05) is 39.6 Å².